The second-order valence-corrected chi connectivity index (χ2v) is 6.05. The van der Waals surface area contributed by atoms with Crippen LogP contribution in [0.1, 0.15) is 30.1 Å². The lowest BCUT2D eigenvalue weighted by molar-refractivity contribution is 0.202. The molecule has 0 radical (unpaired) electrons. The molecule has 1 saturated carbocycles. The van der Waals surface area contributed by atoms with Gasteiger partial charge in [0.25, 0.3) is 0 Å². The van der Waals surface area contributed by atoms with E-state index in [1.165, 1.54) is 18.4 Å². The smallest absolute Gasteiger partial charge is 0.135 e. The van der Waals surface area contributed by atoms with Crippen molar-refractivity contribution in [3.8, 4) is 0 Å². The van der Waals surface area contributed by atoms with E-state index in [1.54, 1.807) is 7.11 Å². The summed E-state index contributed by atoms with van der Waals surface area (Å²) in [6.45, 7) is 0.708. The Morgan fingerprint density at radius 1 is 1.29 bits per heavy atom. The lowest BCUT2D eigenvalue weighted by atomic mass is 10.1. The second-order valence-electron chi connectivity index (χ2n) is 5.23. The molecule has 2 aromatic rings. The summed E-state index contributed by atoms with van der Waals surface area (Å²) in [5.74, 6) is 2.30. The first-order valence-electron chi connectivity index (χ1n) is 7.14. The molecule has 5 heteroatoms. The van der Waals surface area contributed by atoms with Gasteiger partial charge in [0.15, 0.2) is 0 Å². The maximum Gasteiger partial charge on any atom is 0.135 e. The van der Waals surface area contributed by atoms with Crippen molar-refractivity contribution in [1.29, 1.82) is 0 Å². The van der Waals surface area contributed by atoms with Gasteiger partial charge in [-0.05, 0) is 46.8 Å². The number of methoxy groups -OCH3 is 1. The Bertz CT molecular complexity index is 629. The number of hydrogen-bond donors (Lipinski definition) is 1. The Hall–Kier alpha value is -1.46. The number of halogens is 1. The molecule has 0 aliphatic heterocycles. The Morgan fingerprint density at radius 2 is 2.10 bits per heavy atom. The average molecular weight is 348 g/mol. The number of nitrogens with zero attached hydrogens (tertiary/aromatic N) is 2. The summed E-state index contributed by atoms with van der Waals surface area (Å²) in [5, 5.41) is 3.41. The standard InChI is InChI=1S/C16H18BrN3O/c1-21-9-8-11-4-2-3-5-13(11)18-15-10-14(17)19-16(20-15)12-6-7-12/h2-5,10,12H,6-9H2,1H3,(H,18,19,20). The molecule has 1 fully saturated rings. The third-order valence-electron chi connectivity index (χ3n) is 3.51. The van der Waals surface area contributed by atoms with Gasteiger partial charge in [0.1, 0.15) is 16.2 Å². The van der Waals surface area contributed by atoms with Crippen molar-refractivity contribution in [3.05, 3.63) is 46.3 Å². The Labute approximate surface area is 133 Å². The fourth-order valence-electron chi connectivity index (χ4n) is 2.23. The van der Waals surface area contributed by atoms with Crippen molar-refractivity contribution < 1.29 is 4.74 Å². The summed E-state index contributed by atoms with van der Waals surface area (Å²) in [6, 6.07) is 10.2. The molecule has 1 aliphatic rings. The van der Waals surface area contributed by atoms with Gasteiger partial charge in [-0.2, -0.15) is 0 Å². The Morgan fingerprint density at radius 3 is 2.86 bits per heavy atom. The van der Waals surface area contributed by atoms with E-state index >= 15 is 0 Å². The molecule has 1 N–H and O–H groups in total. The van der Waals surface area contributed by atoms with Crippen LogP contribution in [0.3, 0.4) is 0 Å². The van der Waals surface area contributed by atoms with E-state index < -0.39 is 0 Å². The highest BCUT2D eigenvalue weighted by molar-refractivity contribution is 9.10. The van der Waals surface area contributed by atoms with Crippen LogP contribution in [0.4, 0.5) is 11.5 Å². The first kappa shape index (κ1) is 14.5. The number of para-hydroxylation sites is 1. The molecule has 0 bridgehead atoms. The molecule has 3 rings (SSSR count). The van der Waals surface area contributed by atoms with Crippen LogP contribution in [0.25, 0.3) is 0 Å². The third kappa shape index (κ3) is 3.80. The van der Waals surface area contributed by atoms with Crippen LogP contribution in [0.15, 0.2) is 34.9 Å². The van der Waals surface area contributed by atoms with Crippen LogP contribution >= 0.6 is 15.9 Å². The molecular weight excluding hydrogens is 330 g/mol. The van der Waals surface area contributed by atoms with Crippen LogP contribution in [0.2, 0.25) is 0 Å². The van der Waals surface area contributed by atoms with E-state index in [0.29, 0.717) is 12.5 Å². The minimum atomic E-state index is 0.534. The van der Waals surface area contributed by atoms with Crippen LogP contribution in [-0.4, -0.2) is 23.7 Å². The second kappa shape index (κ2) is 6.54. The zero-order valence-corrected chi connectivity index (χ0v) is 13.6. The maximum absolute atomic E-state index is 5.17. The average Bonchev–Trinajstić information content (AvgIpc) is 3.30. The van der Waals surface area contributed by atoms with Crippen LogP contribution in [0.5, 0.6) is 0 Å². The van der Waals surface area contributed by atoms with E-state index in [0.717, 1.165) is 28.4 Å². The molecule has 0 saturated heterocycles. The minimum absolute atomic E-state index is 0.534. The molecule has 21 heavy (non-hydrogen) atoms. The van der Waals surface area contributed by atoms with Gasteiger partial charge in [0, 0.05) is 24.8 Å². The fraction of sp³-hybridized carbons (Fsp3) is 0.375. The molecule has 0 atom stereocenters. The highest BCUT2D eigenvalue weighted by Gasteiger charge is 2.27. The zero-order chi connectivity index (χ0) is 14.7. The van der Waals surface area contributed by atoms with E-state index in [1.807, 2.05) is 18.2 Å². The predicted molar refractivity (Wildman–Crippen MR) is 87.0 cm³/mol. The molecule has 1 heterocycles. The predicted octanol–water partition coefficient (Wildman–Crippen LogP) is 4.05. The third-order valence-corrected chi connectivity index (χ3v) is 3.92. The van der Waals surface area contributed by atoms with Crippen LogP contribution < -0.4 is 5.32 Å². The van der Waals surface area contributed by atoms with Crippen LogP contribution in [0, 0.1) is 0 Å². The lowest BCUT2D eigenvalue weighted by Crippen LogP contribution is -2.03. The molecule has 0 spiro atoms. The molecule has 4 nitrogen and oxygen atoms in total. The van der Waals surface area contributed by atoms with Gasteiger partial charge in [-0.25, -0.2) is 9.97 Å². The first-order valence-corrected chi connectivity index (χ1v) is 7.94. The normalized spacial score (nSPS) is 14.2. The molecule has 0 unspecified atom stereocenters. The lowest BCUT2D eigenvalue weighted by Gasteiger charge is -2.12. The van der Waals surface area contributed by atoms with E-state index in [2.05, 4.69) is 43.3 Å². The summed E-state index contributed by atoms with van der Waals surface area (Å²) in [5.41, 5.74) is 2.30. The van der Waals surface area contributed by atoms with E-state index in [4.69, 9.17) is 4.74 Å². The number of aromatic nitrogens is 2. The largest absolute Gasteiger partial charge is 0.384 e. The summed E-state index contributed by atoms with van der Waals surface area (Å²) in [6.07, 6.45) is 3.27. The number of benzene rings is 1. The maximum atomic E-state index is 5.17. The number of ether oxygens (including phenoxy) is 1. The van der Waals surface area contributed by atoms with Crippen LogP contribution in [-0.2, 0) is 11.2 Å². The molecule has 110 valence electrons. The van der Waals surface area contributed by atoms with Gasteiger partial charge >= 0.3 is 0 Å². The zero-order valence-electron chi connectivity index (χ0n) is 12.0. The van der Waals surface area contributed by atoms with Crippen molar-refractivity contribution in [1.82, 2.24) is 9.97 Å². The molecule has 1 aliphatic carbocycles. The van der Waals surface area contributed by atoms with Crippen molar-refractivity contribution in [2.75, 3.05) is 19.0 Å². The van der Waals surface area contributed by atoms with E-state index in [-0.39, 0.29) is 0 Å². The van der Waals surface area contributed by atoms with E-state index in [9.17, 15) is 0 Å². The summed E-state index contributed by atoms with van der Waals surface area (Å²) in [7, 11) is 1.72. The first-order chi connectivity index (χ1) is 10.3. The topological polar surface area (TPSA) is 47.0 Å². The monoisotopic (exact) mass is 347 g/mol. The van der Waals surface area contributed by atoms with Crippen molar-refractivity contribution in [3.63, 3.8) is 0 Å². The fourth-order valence-corrected chi connectivity index (χ4v) is 2.63. The Balaban J connectivity index is 1.82. The number of rotatable bonds is 6. The SMILES string of the molecule is COCCc1ccccc1Nc1cc(Br)nc(C2CC2)n1. The highest BCUT2D eigenvalue weighted by atomic mass is 79.9. The molecular formula is C16H18BrN3O. The van der Waals surface area contributed by atoms with Crippen molar-refractivity contribution in [2.24, 2.45) is 0 Å². The quantitative estimate of drug-likeness (QED) is 0.800. The van der Waals surface area contributed by atoms with Gasteiger partial charge in [0.2, 0.25) is 0 Å². The van der Waals surface area contributed by atoms with Gasteiger partial charge < -0.3 is 10.1 Å². The number of hydrogen-bond acceptors (Lipinski definition) is 4. The summed E-state index contributed by atoms with van der Waals surface area (Å²) < 4.78 is 6.00. The minimum Gasteiger partial charge on any atom is -0.384 e. The van der Waals surface area contributed by atoms with Gasteiger partial charge in [-0.15, -0.1) is 0 Å². The molecule has 0 amide bonds. The summed E-state index contributed by atoms with van der Waals surface area (Å²) >= 11 is 3.47. The number of anilines is 2. The highest BCUT2D eigenvalue weighted by Crippen LogP contribution is 2.39. The molecule has 1 aromatic heterocycles. The van der Waals surface area contributed by atoms with Gasteiger partial charge in [-0.1, -0.05) is 18.2 Å². The Kier molecular flexibility index (Phi) is 4.51. The van der Waals surface area contributed by atoms with Crippen molar-refractivity contribution >= 4 is 27.4 Å². The van der Waals surface area contributed by atoms with Gasteiger partial charge in [-0.3, -0.25) is 0 Å². The van der Waals surface area contributed by atoms with Crippen molar-refractivity contribution in [2.45, 2.75) is 25.2 Å². The summed E-state index contributed by atoms with van der Waals surface area (Å²) in [4.78, 5) is 9.08. The molecule has 1 aromatic carbocycles. The van der Waals surface area contributed by atoms with Gasteiger partial charge in [0.05, 0.1) is 6.61 Å². The number of nitrogens with one attached hydrogen (secondary N) is 1.